The molecule has 33 heavy (non-hydrogen) atoms. The van der Waals surface area contributed by atoms with Crippen molar-refractivity contribution in [3.8, 4) is 5.69 Å². The summed E-state index contributed by atoms with van der Waals surface area (Å²) in [5, 5.41) is 23.0. The van der Waals surface area contributed by atoms with Crippen molar-refractivity contribution in [3.05, 3.63) is 60.3 Å². The summed E-state index contributed by atoms with van der Waals surface area (Å²) in [6.07, 6.45) is 1.44. The van der Waals surface area contributed by atoms with Crippen LogP contribution in [0.2, 0.25) is 0 Å². The molecule has 2 amide bonds. The molecule has 0 aliphatic heterocycles. The van der Waals surface area contributed by atoms with E-state index >= 15 is 0 Å². The monoisotopic (exact) mass is 501 g/mol. The van der Waals surface area contributed by atoms with Crippen LogP contribution in [0.5, 0.6) is 0 Å². The Morgan fingerprint density at radius 1 is 1.06 bits per heavy atom. The Balaban J connectivity index is 1.44. The third-order valence-corrected chi connectivity index (χ3v) is 6.90. The standard InChI is InChI=1S/C20H19N7O3S3/c1-2-31-20-26-24-18(33-20)22-16(28)12-32-19-25-23-15(27(19)13-7-4-3-5-8-13)11-21-17(29)14-9-6-10-30-14/h3-10H,2,11-12H2,1H3,(H,21,29)(H,22,24,28). The summed E-state index contributed by atoms with van der Waals surface area (Å²) in [6, 6.07) is 12.7. The smallest absolute Gasteiger partial charge is 0.287 e. The summed E-state index contributed by atoms with van der Waals surface area (Å²) < 4.78 is 7.74. The van der Waals surface area contributed by atoms with Crippen LogP contribution in [-0.2, 0) is 11.3 Å². The lowest BCUT2D eigenvalue weighted by Crippen LogP contribution is -2.24. The van der Waals surface area contributed by atoms with Crippen LogP contribution in [0.15, 0.2) is 62.6 Å². The second kappa shape index (κ2) is 11.1. The lowest BCUT2D eigenvalue weighted by Gasteiger charge is -2.10. The van der Waals surface area contributed by atoms with Crippen LogP contribution in [0.1, 0.15) is 23.3 Å². The molecule has 0 spiro atoms. The van der Waals surface area contributed by atoms with E-state index in [1.54, 1.807) is 28.5 Å². The predicted molar refractivity (Wildman–Crippen MR) is 127 cm³/mol. The van der Waals surface area contributed by atoms with Gasteiger partial charge in [-0.15, -0.1) is 20.4 Å². The minimum absolute atomic E-state index is 0.111. The zero-order chi connectivity index (χ0) is 23.0. The van der Waals surface area contributed by atoms with E-state index in [1.165, 1.54) is 29.4 Å². The number of nitrogens with one attached hydrogen (secondary N) is 2. The molecule has 4 rings (SSSR count). The Bertz CT molecular complexity index is 1210. The van der Waals surface area contributed by atoms with E-state index in [-0.39, 0.29) is 29.9 Å². The number of nitrogens with zero attached hydrogens (tertiary/aromatic N) is 5. The number of hydrogen-bond donors (Lipinski definition) is 2. The maximum absolute atomic E-state index is 12.4. The number of rotatable bonds is 10. The summed E-state index contributed by atoms with van der Waals surface area (Å²) in [5.74, 6) is 1.16. The van der Waals surface area contributed by atoms with Gasteiger partial charge >= 0.3 is 0 Å². The van der Waals surface area contributed by atoms with E-state index in [0.29, 0.717) is 16.1 Å². The molecule has 0 unspecified atom stereocenters. The molecule has 0 aliphatic rings. The van der Waals surface area contributed by atoms with Crippen molar-refractivity contribution in [1.29, 1.82) is 0 Å². The Labute approximate surface area is 201 Å². The van der Waals surface area contributed by atoms with E-state index in [2.05, 4.69) is 31.0 Å². The van der Waals surface area contributed by atoms with Crippen LogP contribution < -0.4 is 10.6 Å². The lowest BCUT2D eigenvalue weighted by molar-refractivity contribution is -0.113. The van der Waals surface area contributed by atoms with Gasteiger partial charge in [0.1, 0.15) is 0 Å². The molecule has 4 aromatic rings. The highest BCUT2D eigenvalue weighted by atomic mass is 32.2. The number of amides is 2. The zero-order valence-electron chi connectivity index (χ0n) is 17.4. The third-order valence-electron chi connectivity index (χ3n) is 4.12. The fraction of sp³-hybridized carbons (Fsp3) is 0.200. The molecule has 3 aromatic heterocycles. The van der Waals surface area contributed by atoms with Crippen LogP contribution in [-0.4, -0.2) is 48.3 Å². The van der Waals surface area contributed by atoms with Crippen molar-refractivity contribution in [1.82, 2.24) is 30.3 Å². The molecule has 0 radical (unpaired) electrons. The van der Waals surface area contributed by atoms with Crippen molar-refractivity contribution >= 4 is 51.8 Å². The van der Waals surface area contributed by atoms with Crippen LogP contribution >= 0.6 is 34.9 Å². The zero-order valence-corrected chi connectivity index (χ0v) is 19.9. The normalized spacial score (nSPS) is 10.8. The number of anilines is 1. The molecule has 170 valence electrons. The second-order valence-corrected chi connectivity index (χ2v) is 9.80. The van der Waals surface area contributed by atoms with E-state index in [9.17, 15) is 9.59 Å². The molecule has 0 atom stereocenters. The SMILES string of the molecule is CCSc1nnc(NC(=O)CSc2nnc(CNC(=O)c3ccco3)n2-c2ccccc2)s1. The van der Waals surface area contributed by atoms with Crippen molar-refractivity contribution < 1.29 is 14.0 Å². The summed E-state index contributed by atoms with van der Waals surface area (Å²) in [5.41, 5.74) is 0.818. The minimum Gasteiger partial charge on any atom is -0.459 e. The number of thioether (sulfide) groups is 2. The van der Waals surface area contributed by atoms with Gasteiger partial charge < -0.3 is 9.73 Å². The van der Waals surface area contributed by atoms with Crippen molar-refractivity contribution in [2.24, 2.45) is 0 Å². The minimum atomic E-state index is -0.353. The van der Waals surface area contributed by atoms with Crippen molar-refractivity contribution in [2.75, 3.05) is 16.8 Å². The number of hydrogen-bond acceptors (Lipinski definition) is 10. The van der Waals surface area contributed by atoms with Gasteiger partial charge in [-0.25, -0.2) is 0 Å². The van der Waals surface area contributed by atoms with Crippen LogP contribution in [0.4, 0.5) is 5.13 Å². The van der Waals surface area contributed by atoms with Crippen molar-refractivity contribution in [2.45, 2.75) is 23.0 Å². The van der Waals surface area contributed by atoms with Crippen molar-refractivity contribution in [3.63, 3.8) is 0 Å². The van der Waals surface area contributed by atoms with Crippen LogP contribution in [0, 0.1) is 0 Å². The summed E-state index contributed by atoms with van der Waals surface area (Å²) in [4.78, 5) is 24.7. The number of benzene rings is 1. The number of aromatic nitrogens is 5. The molecular weight excluding hydrogens is 482 g/mol. The van der Waals surface area contributed by atoms with Gasteiger partial charge in [0.15, 0.2) is 21.1 Å². The Morgan fingerprint density at radius 2 is 1.91 bits per heavy atom. The maximum Gasteiger partial charge on any atom is 0.287 e. The van der Waals surface area contributed by atoms with Crippen LogP contribution in [0.25, 0.3) is 5.69 Å². The van der Waals surface area contributed by atoms with Gasteiger partial charge in [-0.2, -0.15) is 0 Å². The summed E-state index contributed by atoms with van der Waals surface area (Å²) >= 11 is 4.15. The first-order valence-corrected chi connectivity index (χ1v) is 12.6. The molecule has 13 heteroatoms. The first kappa shape index (κ1) is 23.0. The first-order chi connectivity index (χ1) is 16.1. The Hall–Kier alpha value is -3.16. The summed E-state index contributed by atoms with van der Waals surface area (Å²) in [6.45, 7) is 2.16. The quantitative estimate of drug-likeness (QED) is 0.248. The highest BCUT2D eigenvalue weighted by Crippen LogP contribution is 2.26. The molecule has 0 fully saturated rings. The predicted octanol–water partition coefficient (Wildman–Crippen LogP) is 3.48. The Morgan fingerprint density at radius 3 is 2.67 bits per heavy atom. The average Bonchev–Trinajstić information content (AvgIpc) is 3.58. The molecule has 2 N–H and O–H groups in total. The van der Waals surface area contributed by atoms with E-state index < -0.39 is 0 Å². The number of para-hydroxylation sites is 1. The van der Waals surface area contributed by atoms with Gasteiger partial charge in [0.25, 0.3) is 5.91 Å². The highest BCUT2D eigenvalue weighted by Gasteiger charge is 2.18. The molecule has 1 aromatic carbocycles. The highest BCUT2D eigenvalue weighted by molar-refractivity contribution is 8.01. The van der Waals surface area contributed by atoms with Gasteiger partial charge in [-0.3, -0.25) is 19.5 Å². The van der Waals surface area contributed by atoms with E-state index in [4.69, 9.17) is 4.42 Å². The van der Waals surface area contributed by atoms with Crippen LogP contribution in [0.3, 0.4) is 0 Å². The molecule has 0 bridgehead atoms. The van der Waals surface area contributed by atoms with Gasteiger partial charge in [-0.05, 0) is 30.0 Å². The van der Waals surface area contributed by atoms with Gasteiger partial charge in [0.2, 0.25) is 11.0 Å². The largest absolute Gasteiger partial charge is 0.459 e. The van der Waals surface area contributed by atoms with Gasteiger partial charge in [0, 0.05) is 5.69 Å². The fourth-order valence-electron chi connectivity index (χ4n) is 2.73. The van der Waals surface area contributed by atoms with E-state index in [0.717, 1.165) is 15.8 Å². The topological polar surface area (TPSA) is 128 Å². The molecule has 0 aliphatic carbocycles. The molecular formula is C20H19N7O3S3. The van der Waals surface area contributed by atoms with E-state index in [1.807, 2.05) is 37.3 Å². The molecule has 0 saturated heterocycles. The number of carbonyl (C=O) groups excluding carboxylic acids is 2. The summed E-state index contributed by atoms with van der Waals surface area (Å²) in [7, 11) is 0. The third kappa shape index (κ3) is 6.00. The average molecular weight is 502 g/mol. The fourth-order valence-corrected chi connectivity index (χ4v) is 5.16. The lowest BCUT2D eigenvalue weighted by atomic mass is 10.3. The first-order valence-electron chi connectivity index (χ1n) is 9.84. The maximum atomic E-state index is 12.4. The molecule has 3 heterocycles. The van der Waals surface area contributed by atoms with Gasteiger partial charge in [-0.1, -0.05) is 60.0 Å². The second-order valence-electron chi connectivity index (χ2n) is 6.37. The number of carbonyl (C=O) groups is 2. The number of furan rings is 1. The molecule has 10 nitrogen and oxygen atoms in total. The molecule has 0 saturated carbocycles. The Kier molecular flexibility index (Phi) is 7.75. The van der Waals surface area contributed by atoms with Gasteiger partial charge in [0.05, 0.1) is 18.6 Å².